The lowest BCUT2D eigenvalue weighted by Gasteiger charge is -2.13. The van der Waals surface area contributed by atoms with Gasteiger partial charge in [-0.05, 0) is 18.2 Å². The highest BCUT2D eigenvalue weighted by molar-refractivity contribution is 7.92. The molecule has 0 fully saturated rings. The van der Waals surface area contributed by atoms with Crippen LogP contribution < -0.4 is 9.83 Å². The van der Waals surface area contributed by atoms with Crippen LogP contribution in [0.15, 0.2) is 47.4 Å². The van der Waals surface area contributed by atoms with Crippen molar-refractivity contribution in [2.75, 3.05) is 4.72 Å². The molecule has 2 aromatic rings. The summed E-state index contributed by atoms with van der Waals surface area (Å²) in [7, 11) is -4.40. The Morgan fingerprint density at radius 1 is 1.10 bits per heavy atom. The quantitative estimate of drug-likeness (QED) is 0.917. The number of rotatable bonds is 4. The number of carboxylic acids is 1. The van der Waals surface area contributed by atoms with Crippen LogP contribution in [0.4, 0.5) is 14.5 Å². The normalized spacial score (nSPS) is 11.1. The molecule has 5 nitrogen and oxygen atoms in total. The molecule has 2 rings (SSSR count). The molecule has 2 aromatic carbocycles. The molecule has 0 heterocycles. The van der Waals surface area contributed by atoms with Crippen molar-refractivity contribution < 1.29 is 27.1 Å². The molecule has 0 atom stereocenters. The largest absolute Gasteiger partial charge is 0.545 e. The molecule has 8 heteroatoms. The van der Waals surface area contributed by atoms with Gasteiger partial charge in [0.2, 0.25) is 0 Å². The lowest BCUT2D eigenvalue weighted by Crippen LogP contribution is -2.25. The van der Waals surface area contributed by atoms with Crippen molar-refractivity contribution in [2.45, 2.75) is 4.90 Å². The summed E-state index contributed by atoms with van der Waals surface area (Å²) in [5.41, 5.74) is -0.676. The second kappa shape index (κ2) is 5.49. The Hall–Kier alpha value is -2.48. The van der Waals surface area contributed by atoms with E-state index in [0.717, 1.165) is 18.2 Å². The van der Waals surface area contributed by atoms with Crippen LogP contribution in [0.25, 0.3) is 0 Å². The number of benzene rings is 2. The van der Waals surface area contributed by atoms with E-state index in [4.69, 9.17) is 0 Å². The number of halogens is 2. The highest BCUT2D eigenvalue weighted by Gasteiger charge is 2.20. The lowest BCUT2D eigenvalue weighted by molar-refractivity contribution is -0.254. The minimum atomic E-state index is -4.40. The third kappa shape index (κ3) is 3.16. The fraction of sp³-hybridized carbons (Fsp3) is 0. The molecule has 0 aliphatic rings. The molecule has 0 bridgehead atoms. The van der Waals surface area contributed by atoms with Crippen molar-refractivity contribution in [1.29, 1.82) is 0 Å². The van der Waals surface area contributed by atoms with Crippen LogP contribution >= 0.6 is 0 Å². The van der Waals surface area contributed by atoms with E-state index in [2.05, 4.69) is 0 Å². The molecule has 0 radical (unpaired) electrons. The summed E-state index contributed by atoms with van der Waals surface area (Å²) in [6.45, 7) is 0. The average Bonchev–Trinajstić information content (AvgIpc) is 2.37. The number of carbonyl (C=O) groups excluding carboxylic acids is 1. The third-order valence-electron chi connectivity index (χ3n) is 2.57. The predicted octanol–water partition coefficient (Wildman–Crippen LogP) is 1.13. The van der Waals surface area contributed by atoms with Crippen molar-refractivity contribution in [1.82, 2.24) is 0 Å². The summed E-state index contributed by atoms with van der Waals surface area (Å²) >= 11 is 0. The van der Waals surface area contributed by atoms with E-state index in [1.807, 2.05) is 4.72 Å². The summed E-state index contributed by atoms with van der Waals surface area (Å²) in [6, 6.07) is 7.03. The first-order valence-corrected chi connectivity index (χ1v) is 7.08. The van der Waals surface area contributed by atoms with Gasteiger partial charge < -0.3 is 9.90 Å². The minimum absolute atomic E-state index is 0.277. The molecular weight excluding hydrogens is 304 g/mol. The van der Waals surface area contributed by atoms with Gasteiger partial charge in [-0.2, -0.15) is 0 Å². The highest BCUT2D eigenvalue weighted by Crippen LogP contribution is 2.22. The van der Waals surface area contributed by atoms with Crippen LogP contribution in [0.5, 0.6) is 0 Å². The van der Waals surface area contributed by atoms with E-state index in [0.29, 0.717) is 6.07 Å². The van der Waals surface area contributed by atoms with Gasteiger partial charge in [-0.15, -0.1) is 0 Å². The molecular formula is C13H8F2NO4S-. The first-order chi connectivity index (χ1) is 9.81. The SMILES string of the molecule is O=C([O-])c1ccccc1NS(=O)(=O)c1ccc(F)cc1F. The maximum absolute atomic E-state index is 13.5. The summed E-state index contributed by atoms with van der Waals surface area (Å²) in [4.78, 5) is 10.1. The minimum Gasteiger partial charge on any atom is -0.545 e. The van der Waals surface area contributed by atoms with Gasteiger partial charge in [0.15, 0.2) is 0 Å². The number of anilines is 1. The molecule has 0 aliphatic heterocycles. The number of para-hydroxylation sites is 1. The first-order valence-electron chi connectivity index (χ1n) is 5.59. The number of sulfonamides is 1. The molecule has 1 N–H and O–H groups in total. The van der Waals surface area contributed by atoms with Crippen LogP contribution in [0.1, 0.15) is 10.4 Å². The van der Waals surface area contributed by atoms with Crippen LogP contribution in [0.3, 0.4) is 0 Å². The number of aromatic carboxylic acids is 1. The molecule has 0 saturated heterocycles. The average molecular weight is 312 g/mol. The summed E-state index contributed by atoms with van der Waals surface area (Å²) in [6.07, 6.45) is 0. The standard InChI is InChI=1S/C13H9F2NO4S/c14-8-5-6-12(10(15)7-8)21(19,20)16-11-4-2-1-3-9(11)13(17)18/h1-7,16H,(H,17,18)/p-1. The van der Waals surface area contributed by atoms with Gasteiger partial charge in [-0.1, -0.05) is 18.2 Å². The van der Waals surface area contributed by atoms with Gasteiger partial charge in [-0.3, -0.25) is 4.72 Å². The van der Waals surface area contributed by atoms with E-state index < -0.39 is 38.1 Å². The fourth-order valence-electron chi connectivity index (χ4n) is 1.64. The Morgan fingerprint density at radius 2 is 1.76 bits per heavy atom. The maximum Gasteiger partial charge on any atom is 0.264 e. The molecule has 0 unspecified atom stereocenters. The van der Waals surface area contributed by atoms with Crippen molar-refractivity contribution in [3.05, 3.63) is 59.7 Å². The fourth-order valence-corrected chi connectivity index (χ4v) is 2.78. The summed E-state index contributed by atoms with van der Waals surface area (Å²) in [5.74, 6) is -3.80. The van der Waals surface area contributed by atoms with E-state index in [-0.39, 0.29) is 5.69 Å². The maximum atomic E-state index is 13.5. The Bertz CT molecular complexity index is 806. The van der Waals surface area contributed by atoms with E-state index in [1.54, 1.807) is 0 Å². The molecule has 0 saturated carbocycles. The Balaban J connectivity index is 2.45. The number of hydrogen-bond donors (Lipinski definition) is 1. The second-order valence-corrected chi connectivity index (χ2v) is 5.66. The monoisotopic (exact) mass is 312 g/mol. The first kappa shape index (κ1) is 14.9. The van der Waals surface area contributed by atoms with Gasteiger partial charge in [0.25, 0.3) is 10.0 Å². The van der Waals surface area contributed by atoms with E-state index in [1.165, 1.54) is 18.2 Å². The summed E-state index contributed by atoms with van der Waals surface area (Å²) in [5, 5.41) is 10.9. The van der Waals surface area contributed by atoms with Crippen molar-refractivity contribution in [2.24, 2.45) is 0 Å². The number of carbonyl (C=O) groups is 1. The third-order valence-corrected chi connectivity index (χ3v) is 3.97. The van der Waals surface area contributed by atoms with Crippen molar-refractivity contribution in [3.63, 3.8) is 0 Å². The van der Waals surface area contributed by atoms with Crippen LogP contribution in [0, 0.1) is 11.6 Å². The molecule has 110 valence electrons. The van der Waals surface area contributed by atoms with Gasteiger partial charge in [0.05, 0.1) is 11.7 Å². The van der Waals surface area contributed by atoms with Crippen LogP contribution in [-0.2, 0) is 10.0 Å². The Kier molecular flexibility index (Phi) is 3.90. The van der Waals surface area contributed by atoms with E-state index in [9.17, 15) is 27.1 Å². The smallest absolute Gasteiger partial charge is 0.264 e. The Labute approximate surface area is 118 Å². The molecule has 0 amide bonds. The zero-order valence-corrected chi connectivity index (χ0v) is 11.2. The molecule has 21 heavy (non-hydrogen) atoms. The molecule has 0 aliphatic carbocycles. The van der Waals surface area contributed by atoms with Crippen molar-refractivity contribution >= 4 is 21.7 Å². The van der Waals surface area contributed by atoms with Crippen molar-refractivity contribution in [3.8, 4) is 0 Å². The van der Waals surface area contributed by atoms with Gasteiger partial charge in [0, 0.05) is 11.6 Å². The molecule has 0 spiro atoms. The van der Waals surface area contributed by atoms with E-state index >= 15 is 0 Å². The Morgan fingerprint density at radius 3 is 2.38 bits per heavy atom. The van der Waals surface area contributed by atoms with Crippen LogP contribution in [-0.4, -0.2) is 14.4 Å². The number of carboxylic acid groups (broad SMARTS) is 1. The zero-order chi connectivity index (χ0) is 15.6. The summed E-state index contributed by atoms with van der Waals surface area (Å²) < 4.78 is 52.3. The molecule has 0 aromatic heterocycles. The topological polar surface area (TPSA) is 86.3 Å². The predicted molar refractivity (Wildman–Crippen MR) is 67.9 cm³/mol. The highest BCUT2D eigenvalue weighted by atomic mass is 32.2. The van der Waals surface area contributed by atoms with Crippen LogP contribution in [0.2, 0.25) is 0 Å². The number of hydrogen-bond acceptors (Lipinski definition) is 4. The number of nitrogens with one attached hydrogen (secondary N) is 1. The van der Waals surface area contributed by atoms with Gasteiger partial charge in [0.1, 0.15) is 16.5 Å². The second-order valence-electron chi connectivity index (χ2n) is 4.01. The van der Waals surface area contributed by atoms with Gasteiger partial charge in [-0.25, -0.2) is 17.2 Å². The zero-order valence-electron chi connectivity index (χ0n) is 10.3. The lowest BCUT2D eigenvalue weighted by atomic mass is 10.2. The van der Waals surface area contributed by atoms with Gasteiger partial charge >= 0.3 is 0 Å².